The highest BCUT2D eigenvalue weighted by Gasteiger charge is 2.12. The molecular formula is C7H16O2Si. The predicted molar refractivity (Wildman–Crippen MR) is 45.2 cm³/mol. The molecule has 0 amide bonds. The highest BCUT2D eigenvalue weighted by atomic mass is 28.1. The molecule has 0 aromatic heterocycles. The van der Waals surface area contributed by atoms with Gasteiger partial charge in [-0.25, -0.2) is 0 Å². The van der Waals surface area contributed by atoms with E-state index in [0.29, 0.717) is 11.5 Å². The Morgan fingerprint density at radius 1 is 1.60 bits per heavy atom. The van der Waals surface area contributed by atoms with Gasteiger partial charge in [-0.2, -0.15) is 0 Å². The van der Waals surface area contributed by atoms with E-state index >= 15 is 0 Å². The first-order valence-corrected chi connectivity index (χ1v) is 4.52. The lowest BCUT2D eigenvalue weighted by Crippen LogP contribution is -2.07. The minimum absolute atomic E-state index is 0.0936. The summed E-state index contributed by atoms with van der Waals surface area (Å²) in [4.78, 5) is 10.7. The molecule has 3 heteroatoms. The number of ether oxygens (including phenoxy) is 1. The quantitative estimate of drug-likeness (QED) is 0.444. The largest absolute Gasteiger partial charge is 0.469 e. The topological polar surface area (TPSA) is 26.3 Å². The van der Waals surface area contributed by atoms with Gasteiger partial charge in [0.25, 0.3) is 0 Å². The Morgan fingerprint density at radius 3 is 2.40 bits per heavy atom. The van der Waals surface area contributed by atoms with Crippen molar-refractivity contribution in [1.29, 1.82) is 0 Å². The Balaban J connectivity index is 3.46. The molecule has 0 aliphatic rings. The maximum atomic E-state index is 10.7. The standard InChI is InChI=1S/C7H16O2Si/c1-7(2,10)5-4-6(8)9-3/h4-5H2,1-3,10H3. The van der Waals surface area contributed by atoms with E-state index in [0.717, 1.165) is 16.7 Å². The van der Waals surface area contributed by atoms with Crippen LogP contribution in [-0.2, 0) is 9.53 Å². The van der Waals surface area contributed by atoms with Crippen LogP contribution < -0.4 is 0 Å². The minimum atomic E-state index is -0.0936. The van der Waals surface area contributed by atoms with Crippen LogP contribution in [0.1, 0.15) is 26.7 Å². The maximum absolute atomic E-state index is 10.7. The van der Waals surface area contributed by atoms with Crippen LogP contribution in [0.2, 0.25) is 5.04 Å². The SMILES string of the molecule is COC(=O)CCC(C)(C)[SiH3]. The first-order chi connectivity index (χ1) is 4.45. The van der Waals surface area contributed by atoms with Crippen molar-refractivity contribution in [2.45, 2.75) is 31.7 Å². The molecule has 0 atom stereocenters. The van der Waals surface area contributed by atoms with E-state index < -0.39 is 0 Å². The van der Waals surface area contributed by atoms with E-state index in [9.17, 15) is 4.79 Å². The van der Waals surface area contributed by atoms with Crippen molar-refractivity contribution in [2.75, 3.05) is 7.11 Å². The molecular weight excluding hydrogens is 144 g/mol. The average Bonchev–Trinajstić information content (AvgIpc) is 1.81. The van der Waals surface area contributed by atoms with Crippen molar-refractivity contribution in [1.82, 2.24) is 0 Å². The summed E-state index contributed by atoms with van der Waals surface area (Å²) in [6.07, 6.45) is 1.51. The van der Waals surface area contributed by atoms with Crippen molar-refractivity contribution < 1.29 is 9.53 Å². The van der Waals surface area contributed by atoms with E-state index in [4.69, 9.17) is 0 Å². The zero-order chi connectivity index (χ0) is 8.20. The molecule has 0 aromatic carbocycles. The average molecular weight is 160 g/mol. The van der Waals surface area contributed by atoms with Crippen molar-refractivity contribution in [3.05, 3.63) is 0 Å². The molecule has 0 heterocycles. The van der Waals surface area contributed by atoms with Gasteiger partial charge in [-0.1, -0.05) is 13.8 Å². The molecule has 0 saturated heterocycles. The van der Waals surface area contributed by atoms with Crippen LogP contribution in [0.25, 0.3) is 0 Å². The van der Waals surface area contributed by atoms with Gasteiger partial charge in [0.2, 0.25) is 0 Å². The second kappa shape index (κ2) is 3.76. The fourth-order valence-corrected chi connectivity index (χ4v) is 0.829. The molecule has 0 saturated carbocycles. The van der Waals surface area contributed by atoms with Crippen LogP contribution in [-0.4, -0.2) is 23.3 Å². The fourth-order valence-electron chi connectivity index (χ4n) is 0.579. The lowest BCUT2D eigenvalue weighted by molar-refractivity contribution is -0.140. The van der Waals surface area contributed by atoms with Crippen LogP contribution >= 0.6 is 0 Å². The molecule has 0 unspecified atom stereocenters. The van der Waals surface area contributed by atoms with Gasteiger partial charge in [-0.05, 0) is 11.5 Å². The van der Waals surface area contributed by atoms with Gasteiger partial charge < -0.3 is 4.74 Å². The Labute approximate surface area is 65.4 Å². The van der Waals surface area contributed by atoms with E-state index in [2.05, 4.69) is 18.6 Å². The molecule has 60 valence electrons. The Kier molecular flexibility index (Phi) is 3.64. The normalized spacial score (nSPS) is 11.5. The summed E-state index contributed by atoms with van der Waals surface area (Å²) in [5.41, 5.74) is 0. The number of hydrogen-bond donors (Lipinski definition) is 0. The lowest BCUT2D eigenvalue weighted by Gasteiger charge is -2.16. The molecule has 0 bridgehead atoms. The molecule has 2 nitrogen and oxygen atoms in total. The van der Waals surface area contributed by atoms with Gasteiger partial charge in [-0.3, -0.25) is 4.79 Å². The highest BCUT2D eigenvalue weighted by Crippen LogP contribution is 2.24. The zero-order valence-electron chi connectivity index (χ0n) is 7.23. The monoisotopic (exact) mass is 160 g/mol. The number of rotatable bonds is 3. The third kappa shape index (κ3) is 5.82. The maximum Gasteiger partial charge on any atom is 0.305 e. The number of carbonyl (C=O) groups excluding carboxylic acids is 1. The van der Waals surface area contributed by atoms with Crippen molar-refractivity contribution in [3.8, 4) is 0 Å². The van der Waals surface area contributed by atoms with Crippen LogP contribution in [0.5, 0.6) is 0 Å². The third-order valence-electron chi connectivity index (χ3n) is 1.31. The van der Waals surface area contributed by atoms with Gasteiger partial charge in [0.1, 0.15) is 0 Å². The molecule has 0 aliphatic carbocycles. The number of hydrogen-bond acceptors (Lipinski definition) is 2. The summed E-state index contributed by atoms with van der Waals surface area (Å²) in [6, 6.07) is 0. The van der Waals surface area contributed by atoms with Gasteiger partial charge in [-0.15, -0.1) is 0 Å². The second-order valence-corrected chi connectivity index (χ2v) is 6.34. The summed E-state index contributed by atoms with van der Waals surface area (Å²) >= 11 is 0. The summed E-state index contributed by atoms with van der Waals surface area (Å²) in [5, 5.41) is 0.369. The molecule has 0 N–H and O–H groups in total. The van der Waals surface area contributed by atoms with E-state index in [-0.39, 0.29) is 5.97 Å². The molecule has 0 aliphatic heterocycles. The molecule has 10 heavy (non-hydrogen) atoms. The molecule has 0 fully saturated rings. The highest BCUT2D eigenvalue weighted by molar-refractivity contribution is 6.14. The van der Waals surface area contributed by atoms with Crippen molar-refractivity contribution >= 4 is 16.2 Å². The van der Waals surface area contributed by atoms with Gasteiger partial charge >= 0.3 is 5.97 Å². The first kappa shape index (κ1) is 9.69. The summed E-state index contributed by atoms with van der Waals surface area (Å²) in [6.45, 7) is 4.34. The number of carbonyl (C=O) groups is 1. The molecule has 0 radical (unpaired) electrons. The predicted octanol–water partition coefficient (Wildman–Crippen LogP) is 0.503. The van der Waals surface area contributed by atoms with Crippen LogP contribution in [0, 0.1) is 0 Å². The summed E-state index contributed by atoms with van der Waals surface area (Å²) in [5.74, 6) is -0.0936. The smallest absolute Gasteiger partial charge is 0.305 e. The number of esters is 1. The Hall–Kier alpha value is -0.313. The minimum Gasteiger partial charge on any atom is -0.469 e. The van der Waals surface area contributed by atoms with E-state index in [1.165, 1.54) is 7.11 Å². The molecule has 0 rings (SSSR count). The van der Waals surface area contributed by atoms with Crippen molar-refractivity contribution in [3.63, 3.8) is 0 Å². The van der Waals surface area contributed by atoms with Crippen LogP contribution in [0.15, 0.2) is 0 Å². The van der Waals surface area contributed by atoms with Crippen LogP contribution in [0.4, 0.5) is 0 Å². The van der Waals surface area contributed by atoms with Gasteiger partial charge in [0.05, 0.1) is 7.11 Å². The van der Waals surface area contributed by atoms with E-state index in [1.807, 2.05) is 0 Å². The van der Waals surface area contributed by atoms with Crippen molar-refractivity contribution in [2.24, 2.45) is 0 Å². The number of methoxy groups -OCH3 is 1. The summed E-state index contributed by atoms with van der Waals surface area (Å²) in [7, 11) is 2.56. The first-order valence-electron chi connectivity index (χ1n) is 3.52. The third-order valence-corrected chi connectivity index (χ3v) is 1.81. The zero-order valence-corrected chi connectivity index (χ0v) is 9.23. The van der Waals surface area contributed by atoms with Gasteiger partial charge in [0.15, 0.2) is 0 Å². The van der Waals surface area contributed by atoms with Crippen LogP contribution in [0.3, 0.4) is 0 Å². The Bertz CT molecular complexity index is 115. The fraction of sp³-hybridized carbons (Fsp3) is 0.857. The second-order valence-electron chi connectivity index (χ2n) is 3.64. The summed E-state index contributed by atoms with van der Waals surface area (Å²) < 4.78 is 4.52. The molecule has 0 spiro atoms. The Morgan fingerprint density at radius 2 is 2.10 bits per heavy atom. The lowest BCUT2D eigenvalue weighted by atomic mass is 10.1. The van der Waals surface area contributed by atoms with E-state index in [1.54, 1.807) is 0 Å². The molecule has 0 aromatic rings. The van der Waals surface area contributed by atoms with Gasteiger partial charge in [0, 0.05) is 16.7 Å².